The number of benzene rings is 1. The molecule has 0 bridgehead atoms. The highest BCUT2D eigenvalue weighted by molar-refractivity contribution is 7.09. The third-order valence-electron chi connectivity index (χ3n) is 2.56. The minimum atomic E-state index is -0.0215. The number of aryl methyl sites for hydroxylation is 1. The SMILES string of the molecule is Cc1ccc(C(N)Cc2cccs2)c(Cl)c1. The van der Waals surface area contributed by atoms with E-state index < -0.39 is 0 Å². The Hall–Kier alpha value is -0.830. The van der Waals surface area contributed by atoms with E-state index >= 15 is 0 Å². The Kier molecular flexibility index (Phi) is 3.64. The van der Waals surface area contributed by atoms with E-state index in [0.717, 1.165) is 22.6 Å². The molecule has 0 aliphatic carbocycles. The number of nitrogens with two attached hydrogens (primary N) is 1. The van der Waals surface area contributed by atoms with Gasteiger partial charge in [-0.15, -0.1) is 11.3 Å². The Morgan fingerprint density at radius 3 is 2.81 bits per heavy atom. The van der Waals surface area contributed by atoms with Gasteiger partial charge >= 0.3 is 0 Å². The standard InChI is InChI=1S/C13H14ClNS/c1-9-4-5-11(12(14)7-9)13(15)8-10-3-2-6-16-10/h2-7,13H,8,15H2,1H3. The maximum atomic E-state index is 6.19. The molecule has 2 aromatic rings. The monoisotopic (exact) mass is 251 g/mol. The molecular weight excluding hydrogens is 238 g/mol. The third-order valence-corrected chi connectivity index (χ3v) is 3.78. The smallest absolute Gasteiger partial charge is 0.0456 e. The molecule has 2 rings (SSSR count). The molecule has 1 atom stereocenters. The maximum absolute atomic E-state index is 6.19. The van der Waals surface area contributed by atoms with Crippen molar-refractivity contribution in [3.63, 3.8) is 0 Å². The minimum absolute atomic E-state index is 0.0215. The minimum Gasteiger partial charge on any atom is -0.324 e. The van der Waals surface area contributed by atoms with Crippen molar-refractivity contribution in [2.24, 2.45) is 5.73 Å². The van der Waals surface area contributed by atoms with Crippen molar-refractivity contribution in [1.82, 2.24) is 0 Å². The molecule has 16 heavy (non-hydrogen) atoms. The predicted octanol–water partition coefficient (Wildman–Crippen LogP) is 3.95. The molecule has 0 fully saturated rings. The van der Waals surface area contributed by atoms with E-state index in [4.69, 9.17) is 17.3 Å². The summed E-state index contributed by atoms with van der Waals surface area (Å²) in [7, 11) is 0. The van der Waals surface area contributed by atoms with Gasteiger partial charge in [-0.3, -0.25) is 0 Å². The zero-order chi connectivity index (χ0) is 11.5. The zero-order valence-electron chi connectivity index (χ0n) is 9.11. The molecule has 1 heterocycles. The van der Waals surface area contributed by atoms with Gasteiger partial charge in [0.1, 0.15) is 0 Å². The summed E-state index contributed by atoms with van der Waals surface area (Å²) in [5, 5.41) is 2.84. The van der Waals surface area contributed by atoms with Crippen LogP contribution >= 0.6 is 22.9 Å². The van der Waals surface area contributed by atoms with Gasteiger partial charge in [-0.05, 0) is 35.6 Å². The fourth-order valence-electron chi connectivity index (χ4n) is 1.69. The van der Waals surface area contributed by atoms with Crippen LogP contribution in [0.5, 0.6) is 0 Å². The van der Waals surface area contributed by atoms with E-state index in [1.165, 1.54) is 4.88 Å². The first kappa shape index (κ1) is 11.6. The first-order chi connectivity index (χ1) is 7.66. The number of hydrogen-bond acceptors (Lipinski definition) is 2. The average Bonchev–Trinajstić information content (AvgIpc) is 2.70. The lowest BCUT2D eigenvalue weighted by molar-refractivity contribution is 0.730. The van der Waals surface area contributed by atoms with E-state index in [-0.39, 0.29) is 6.04 Å². The first-order valence-electron chi connectivity index (χ1n) is 5.21. The van der Waals surface area contributed by atoms with Gasteiger partial charge < -0.3 is 5.73 Å². The molecule has 0 aliphatic heterocycles. The Balaban J connectivity index is 2.17. The largest absolute Gasteiger partial charge is 0.324 e. The van der Waals surface area contributed by atoms with Crippen LogP contribution in [0.2, 0.25) is 5.02 Å². The number of hydrogen-bond donors (Lipinski definition) is 1. The predicted molar refractivity (Wildman–Crippen MR) is 71.1 cm³/mol. The quantitative estimate of drug-likeness (QED) is 0.878. The third kappa shape index (κ3) is 2.64. The van der Waals surface area contributed by atoms with Crippen LogP contribution in [0.1, 0.15) is 22.0 Å². The summed E-state index contributed by atoms with van der Waals surface area (Å²) in [5.74, 6) is 0. The summed E-state index contributed by atoms with van der Waals surface area (Å²) in [4.78, 5) is 1.30. The van der Waals surface area contributed by atoms with Crippen LogP contribution in [-0.4, -0.2) is 0 Å². The van der Waals surface area contributed by atoms with Crippen molar-refractivity contribution in [2.75, 3.05) is 0 Å². The van der Waals surface area contributed by atoms with E-state index in [0.29, 0.717) is 0 Å². The normalized spacial score (nSPS) is 12.7. The lowest BCUT2D eigenvalue weighted by Crippen LogP contribution is -2.13. The molecule has 0 aliphatic rings. The highest BCUT2D eigenvalue weighted by Gasteiger charge is 2.11. The topological polar surface area (TPSA) is 26.0 Å². The van der Waals surface area contributed by atoms with Crippen molar-refractivity contribution < 1.29 is 0 Å². The summed E-state index contributed by atoms with van der Waals surface area (Å²) in [5.41, 5.74) is 8.35. The second kappa shape index (κ2) is 5.00. The number of halogens is 1. The Morgan fingerprint density at radius 1 is 1.38 bits per heavy atom. The summed E-state index contributed by atoms with van der Waals surface area (Å²) in [6, 6.07) is 10.2. The van der Waals surface area contributed by atoms with Gasteiger partial charge in [0.15, 0.2) is 0 Å². The van der Waals surface area contributed by atoms with Gasteiger partial charge in [-0.25, -0.2) is 0 Å². The molecule has 0 spiro atoms. The summed E-state index contributed by atoms with van der Waals surface area (Å²) in [6.45, 7) is 2.03. The second-order valence-corrected chi connectivity index (χ2v) is 5.35. The van der Waals surface area contributed by atoms with Crippen LogP contribution in [0, 0.1) is 6.92 Å². The molecule has 84 valence electrons. The fourth-order valence-corrected chi connectivity index (χ4v) is 2.83. The van der Waals surface area contributed by atoms with Gasteiger partial charge in [0, 0.05) is 22.4 Å². The summed E-state index contributed by atoms with van der Waals surface area (Å²) in [6.07, 6.45) is 0.848. The maximum Gasteiger partial charge on any atom is 0.0456 e. The Morgan fingerprint density at radius 2 is 2.19 bits per heavy atom. The van der Waals surface area contributed by atoms with Crippen LogP contribution in [0.15, 0.2) is 35.7 Å². The molecule has 2 N–H and O–H groups in total. The molecule has 1 nitrogen and oxygen atoms in total. The van der Waals surface area contributed by atoms with Crippen molar-refractivity contribution in [2.45, 2.75) is 19.4 Å². The van der Waals surface area contributed by atoms with Crippen molar-refractivity contribution in [1.29, 1.82) is 0 Å². The molecular formula is C13H14ClNS. The highest BCUT2D eigenvalue weighted by atomic mass is 35.5. The van der Waals surface area contributed by atoms with Gasteiger partial charge in [-0.1, -0.05) is 29.8 Å². The van der Waals surface area contributed by atoms with Gasteiger partial charge in [-0.2, -0.15) is 0 Å². The molecule has 3 heteroatoms. The number of rotatable bonds is 3. The van der Waals surface area contributed by atoms with Crippen LogP contribution in [-0.2, 0) is 6.42 Å². The average molecular weight is 252 g/mol. The summed E-state index contributed by atoms with van der Waals surface area (Å²) < 4.78 is 0. The van der Waals surface area contributed by atoms with Crippen molar-refractivity contribution >= 4 is 22.9 Å². The lowest BCUT2D eigenvalue weighted by atomic mass is 10.0. The Bertz CT molecular complexity index is 465. The molecule has 0 amide bonds. The second-order valence-electron chi connectivity index (χ2n) is 3.91. The molecule has 1 aromatic carbocycles. The van der Waals surface area contributed by atoms with Gasteiger partial charge in [0.05, 0.1) is 0 Å². The fraction of sp³-hybridized carbons (Fsp3) is 0.231. The van der Waals surface area contributed by atoms with Gasteiger partial charge in [0.2, 0.25) is 0 Å². The van der Waals surface area contributed by atoms with E-state index in [1.54, 1.807) is 11.3 Å². The van der Waals surface area contributed by atoms with Crippen molar-refractivity contribution in [3.8, 4) is 0 Å². The van der Waals surface area contributed by atoms with Crippen LogP contribution in [0.25, 0.3) is 0 Å². The highest BCUT2D eigenvalue weighted by Crippen LogP contribution is 2.26. The molecule has 0 saturated carbocycles. The lowest BCUT2D eigenvalue weighted by Gasteiger charge is -2.13. The first-order valence-corrected chi connectivity index (χ1v) is 6.46. The van der Waals surface area contributed by atoms with E-state index in [9.17, 15) is 0 Å². The van der Waals surface area contributed by atoms with Crippen LogP contribution < -0.4 is 5.73 Å². The molecule has 0 radical (unpaired) electrons. The van der Waals surface area contributed by atoms with E-state index in [1.807, 2.05) is 25.1 Å². The molecule has 0 saturated heterocycles. The molecule has 1 aromatic heterocycles. The number of thiophene rings is 1. The van der Waals surface area contributed by atoms with Crippen molar-refractivity contribution in [3.05, 3.63) is 56.7 Å². The van der Waals surface area contributed by atoms with Crippen LogP contribution in [0.3, 0.4) is 0 Å². The zero-order valence-corrected chi connectivity index (χ0v) is 10.7. The van der Waals surface area contributed by atoms with E-state index in [2.05, 4.69) is 17.5 Å². The Labute approximate surface area is 105 Å². The molecule has 1 unspecified atom stereocenters. The summed E-state index contributed by atoms with van der Waals surface area (Å²) >= 11 is 7.92. The van der Waals surface area contributed by atoms with Crippen LogP contribution in [0.4, 0.5) is 0 Å². The van der Waals surface area contributed by atoms with Gasteiger partial charge in [0.25, 0.3) is 0 Å².